The lowest BCUT2D eigenvalue weighted by atomic mass is 10.1. The second-order valence-electron chi connectivity index (χ2n) is 7.87. The third kappa shape index (κ3) is 4.72. The Labute approximate surface area is 186 Å². The number of hydrogen-bond donors (Lipinski definition) is 0. The predicted molar refractivity (Wildman–Crippen MR) is 120 cm³/mol. The normalized spacial score (nSPS) is 16.7. The summed E-state index contributed by atoms with van der Waals surface area (Å²) in [6.07, 6.45) is 1.29. The average Bonchev–Trinajstić information content (AvgIpc) is 2.84. The molecule has 0 atom stereocenters. The summed E-state index contributed by atoms with van der Waals surface area (Å²) < 4.78 is 5.41. The Balaban J connectivity index is 1.49. The van der Waals surface area contributed by atoms with Gasteiger partial charge >= 0.3 is 0 Å². The lowest BCUT2D eigenvalue weighted by Gasteiger charge is -2.37. The number of non-ortho nitro benzene ring substituents is 1. The molecule has 0 aliphatic carbocycles. The van der Waals surface area contributed by atoms with E-state index in [-0.39, 0.29) is 11.6 Å². The first kappa shape index (κ1) is 21.8. The van der Waals surface area contributed by atoms with Gasteiger partial charge in [0.25, 0.3) is 11.6 Å². The van der Waals surface area contributed by atoms with E-state index in [9.17, 15) is 19.7 Å². The zero-order valence-electron chi connectivity index (χ0n) is 17.8. The highest BCUT2D eigenvalue weighted by Crippen LogP contribution is 2.28. The molecule has 168 valence electrons. The molecule has 0 radical (unpaired) electrons. The first-order valence-electron chi connectivity index (χ1n) is 10.7. The number of piperazine rings is 1. The molecule has 32 heavy (non-hydrogen) atoms. The molecule has 0 aromatic heterocycles. The van der Waals surface area contributed by atoms with Gasteiger partial charge < -0.3 is 24.2 Å². The van der Waals surface area contributed by atoms with E-state index in [1.165, 1.54) is 12.1 Å². The SMILES string of the molecule is O=CCc1ccc(N2CCN(C(=O)c3cc([N+](=O)[O-])ccc3N3CCOCC3)CC2)cc1. The van der Waals surface area contributed by atoms with E-state index in [0.29, 0.717) is 64.5 Å². The minimum atomic E-state index is -0.466. The zero-order chi connectivity index (χ0) is 22.5. The molecule has 2 aliphatic heterocycles. The number of nitro benzene ring substituents is 1. The van der Waals surface area contributed by atoms with Crippen molar-refractivity contribution < 1.29 is 19.2 Å². The van der Waals surface area contributed by atoms with Crippen molar-refractivity contribution in [3.05, 3.63) is 63.7 Å². The highest BCUT2D eigenvalue weighted by Gasteiger charge is 2.28. The van der Waals surface area contributed by atoms with Crippen LogP contribution in [0.25, 0.3) is 0 Å². The molecule has 0 saturated carbocycles. The largest absolute Gasteiger partial charge is 0.378 e. The number of anilines is 2. The number of hydrogen-bond acceptors (Lipinski definition) is 7. The van der Waals surface area contributed by atoms with Crippen LogP contribution in [-0.2, 0) is 16.0 Å². The van der Waals surface area contributed by atoms with E-state index < -0.39 is 4.92 Å². The van der Waals surface area contributed by atoms with Crippen molar-refractivity contribution in [3.8, 4) is 0 Å². The van der Waals surface area contributed by atoms with Crippen molar-refractivity contribution in [2.45, 2.75) is 6.42 Å². The van der Waals surface area contributed by atoms with Crippen molar-refractivity contribution >= 4 is 29.3 Å². The minimum Gasteiger partial charge on any atom is -0.378 e. The summed E-state index contributed by atoms with van der Waals surface area (Å²) in [6.45, 7) is 4.81. The van der Waals surface area contributed by atoms with Gasteiger partial charge in [-0.25, -0.2) is 0 Å². The molecule has 2 heterocycles. The van der Waals surface area contributed by atoms with Gasteiger partial charge in [0, 0.05) is 63.5 Å². The van der Waals surface area contributed by atoms with E-state index >= 15 is 0 Å². The maximum atomic E-state index is 13.4. The summed E-state index contributed by atoms with van der Waals surface area (Å²) >= 11 is 0. The summed E-state index contributed by atoms with van der Waals surface area (Å²) in [6, 6.07) is 12.4. The molecule has 2 saturated heterocycles. The smallest absolute Gasteiger partial charge is 0.270 e. The van der Waals surface area contributed by atoms with Gasteiger partial charge in [0.1, 0.15) is 6.29 Å². The second kappa shape index (κ2) is 9.78. The number of nitrogens with zero attached hydrogens (tertiary/aromatic N) is 4. The van der Waals surface area contributed by atoms with Crippen molar-refractivity contribution in [1.29, 1.82) is 0 Å². The van der Waals surface area contributed by atoms with Crippen molar-refractivity contribution in [2.24, 2.45) is 0 Å². The quantitative estimate of drug-likeness (QED) is 0.387. The number of nitro groups is 1. The molecule has 2 aromatic rings. The molecule has 9 heteroatoms. The van der Waals surface area contributed by atoms with Gasteiger partial charge in [-0.1, -0.05) is 12.1 Å². The van der Waals surface area contributed by atoms with Crippen LogP contribution in [0.2, 0.25) is 0 Å². The average molecular weight is 438 g/mol. The molecule has 2 fully saturated rings. The van der Waals surface area contributed by atoms with E-state index in [1.54, 1.807) is 11.0 Å². The first-order chi connectivity index (χ1) is 15.6. The predicted octanol–water partition coefficient (Wildman–Crippen LogP) is 2.14. The number of ether oxygens (including phenoxy) is 1. The Morgan fingerprint density at radius 3 is 2.28 bits per heavy atom. The molecule has 0 unspecified atom stereocenters. The standard InChI is InChI=1S/C23H26N4O5/c28-14-7-18-1-3-19(4-2-18)24-8-10-26(11-9-24)23(29)21-17-20(27(30)31)5-6-22(21)25-12-15-32-16-13-25/h1-6,14,17H,7-13,15-16H2. The number of morpholine rings is 1. The highest BCUT2D eigenvalue weighted by molar-refractivity contribution is 6.00. The zero-order valence-corrected chi connectivity index (χ0v) is 17.8. The molecule has 4 rings (SSSR count). The molecule has 1 amide bonds. The van der Waals surface area contributed by atoms with Crippen LogP contribution in [0, 0.1) is 10.1 Å². The van der Waals surface area contributed by atoms with E-state index in [1.807, 2.05) is 24.3 Å². The van der Waals surface area contributed by atoms with Gasteiger partial charge in [-0.15, -0.1) is 0 Å². The second-order valence-corrected chi connectivity index (χ2v) is 7.87. The van der Waals surface area contributed by atoms with Gasteiger partial charge in [-0.05, 0) is 23.8 Å². The van der Waals surface area contributed by atoms with Crippen molar-refractivity contribution in [2.75, 3.05) is 62.3 Å². The topological polar surface area (TPSA) is 96.2 Å². The van der Waals surface area contributed by atoms with Crippen LogP contribution in [0.3, 0.4) is 0 Å². The number of rotatable bonds is 6. The molecule has 0 N–H and O–H groups in total. The number of benzene rings is 2. The molecule has 2 aromatic carbocycles. The molecular weight excluding hydrogens is 412 g/mol. The van der Waals surface area contributed by atoms with Crippen LogP contribution in [0.1, 0.15) is 15.9 Å². The van der Waals surface area contributed by atoms with Gasteiger partial charge in [-0.2, -0.15) is 0 Å². The maximum absolute atomic E-state index is 13.4. The van der Waals surface area contributed by atoms with Crippen LogP contribution in [0.4, 0.5) is 17.1 Å². The summed E-state index contributed by atoms with van der Waals surface area (Å²) in [4.78, 5) is 40.9. The van der Waals surface area contributed by atoms with Crippen molar-refractivity contribution in [1.82, 2.24) is 4.90 Å². The number of amides is 1. The van der Waals surface area contributed by atoms with Crippen LogP contribution >= 0.6 is 0 Å². The summed E-state index contributed by atoms with van der Waals surface area (Å²) in [7, 11) is 0. The first-order valence-corrected chi connectivity index (χ1v) is 10.7. The van der Waals surface area contributed by atoms with Gasteiger partial charge in [0.05, 0.1) is 29.4 Å². The molecule has 9 nitrogen and oxygen atoms in total. The monoisotopic (exact) mass is 438 g/mol. The molecular formula is C23H26N4O5. The van der Waals surface area contributed by atoms with Crippen LogP contribution in [0.15, 0.2) is 42.5 Å². The molecule has 0 bridgehead atoms. The molecule has 2 aliphatic rings. The number of carbonyl (C=O) groups is 2. The Hall–Kier alpha value is -3.46. The van der Waals surface area contributed by atoms with Crippen molar-refractivity contribution in [3.63, 3.8) is 0 Å². The van der Waals surface area contributed by atoms with Crippen LogP contribution < -0.4 is 9.80 Å². The lowest BCUT2D eigenvalue weighted by molar-refractivity contribution is -0.384. The fraction of sp³-hybridized carbons (Fsp3) is 0.391. The van der Waals surface area contributed by atoms with E-state index in [0.717, 1.165) is 23.2 Å². The third-order valence-electron chi connectivity index (χ3n) is 5.96. The Bertz CT molecular complexity index is 980. The van der Waals surface area contributed by atoms with Gasteiger partial charge in [0.15, 0.2) is 0 Å². The molecule has 0 spiro atoms. The van der Waals surface area contributed by atoms with E-state index in [2.05, 4.69) is 9.80 Å². The van der Waals surface area contributed by atoms with Crippen LogP contribution in [0.5, 0.6) is 0 Å². The Morgan fingerprint density at radius 2 is 1.66 bits per heavy atom. The van der Waals surface area contributed by atoms with Crippen LogP contribution in [-0.4, -0.2) is 74.5 Å². The Morgan fingerprint density at radius 1 is 0.969 bits per heavy atom. The van der Waals surface area contributed by atoms with E-state index in [4.69, 9.17) is 4.74 Å². The number of carbonyl (C=O) groups excluding carboxylic acids is 2. The summed E-state index contributed by atoms with van der Waals surface area (Å²) in [5.74, 6) is -0.184. The Kier molecular flexibility index (Phi) is 6.65. The maximum Gasteiger partial charge on any atom is 0.270 e. The lowest BCUT2D eigenvalue weighted by Crippen LogP contribution is -2.49. The van der Waals surface area contributed by atoms with Gasteiger partial charge in [0.2, 0.25) is 0 Å². The fourth-order valence-corrected chi connectivity index (χ4v) is 4.17. The summed E-state index contributed by atoms with van der Waals surface area (Å²) in [5, 5.41) is 11.3. The minimum absolute atomic E-state index is 0.0839. The van der Waals surface area contributed by atoms with Gasteiger partial charge in [-0.3, -0.25) is 14.9 Å². The highest BCUT2D eigenvalue weighted by atomic mass is 16.6. The number of aldehydes is 1. The fourth-order valence-electron chi connectivity index (χ4n) is 4.17. The summed E-state index contributed by atoms with van der Waals surface area (Å²) in [5.41, 5.74) is 3.03. The third-order valence-corrected chi connectivity index (χ3v) is 5.96.